The largest absolute Gasteiger partial charge is 0.466 e. The van der Waals surface area contributed by atoms with E-state index in [0.717, 1.165) is 10.5 Å². The molecule has 3 nitrogen and oxygen atoms in total. The number of hydrogen-bond acceptors (Lipinski definition) is 4. The lowest BCUT2D eigenvalue weighted by Gasteiger charge is -2.03. The van der Waals surface area contributed by atoms with Crippen molar-refractivity contribution in [1.29, 1.82) is 0 Å². The van der Waals surface area contributed by atoms with Gasteiger partial charge in [0.15, 0.2) is 5.78 Å². The molecular weight excluding hydrogens is 320 g/mol. The Bertz CT molecular complexity index is 691. The number of ether oxygens (including phenoxy) is 1. The van der Waals surface area contributed by atoms with E-state index in [2.05, 4.69) is 0 Å². The lowest BCUT2D eigenvalue weighted by Crippen LogP contribution is -2.04. The van der Waals surface area contributed by atoms with Gasteiger partial charge in [-0.3, -0.25) is 9.59 Å². The maximum atomic E-state index is 12.0. The van der Waals surface area contributed by atoms with Gasteiger partial charge in [0.1, 0.15) is 0 Å². The molecule has 0 aliphatic carbocycles. The van der Waals surface area contributed by atoms with Crippen molar-refractivity contribution in [3.63, 3.8) is 0 Å². The standard InChI is InChI=1S/C20H20O3S/c1-2-23-20(22)14-15-24-18-11-8-16(9-12-18)10-13-19(21)17-6-4-3-5-7-17/h3-13H,2,14-15H2,1H3/b13-10+. The third-order valence-corrected chi connectivity index (χ3v) is 4.26. The van der Waals surface area contributed by atoms with Crippen LogP contribution in [0.25, 0.3) is 6.08 Å². The van der Waals surface area contributed by atoms with E-state index in [1.54, 1.807) is 36.9 Å². The van der Waals surface area contributed by atoms with Crippen LogP contribution in [0.2, 0.25) is 0 Å². The number of benzene rings is 2. The smallest absolute Gasteiger partial charge is 0.306 e. The number of hydrogen-bond donors (Lipinski definition) is 0. The number of carbonyl (C=O) groups is 2. The highest BCUT2D eigenvalue weighted by atomic mass is 32.2. The van der Waals surface area contributed by atoms with E-state index < -0.39 is 0 Å². The Kier molecular flexibility index (Phi) is 7.30. The molecule has 2 rings (SSSR count). The number of carbonyl (C=O) groups excluding carboxylic acids is 2. The van der Waals surface area contributed by atoms with Crippen LogP contribution in [0.1, 0.15) is 29.3 Å². The van der Waals surface area contributed by atoms with Crippen LogP contribution in [0.3, 0.4) is 0 Å². The monoisotopic (exact) mass is 340 g/mol. The molecule has 2 aromatic carbocycles. The Morgan fingerprint density at radius 1 is 1.04 bits per heavy atom. The minimum Gasteiger partial charge on any atom is -0.466 e. The van der Waals surface area contributed by atoms with Gasteiger partial charge >= 0.3 is 5.97 Å². The van der Waals surface area contributed by atoms with Gasteiger partial charge in [-0.25, -0.2) is 0 Å². The van der Waals surface area contributed by atoms with Crippen molar-refractivity contribution in [3.05, 3.63) is 71.8 Å². The second-order valence-corrected chi connectivity index (χ2v) is 6.20. The minimum absolute atomic E-state index is 0.0107. The van der Waals surface area contributed by atoms with E-state index >= 15 is 0 Å². The Balaban J connectivity index is 1.84. The molecule has 24 heavy (non-hydrogen) atoms. The van der Waals surface area contributed by atoms with Gasteiger partial charge in [0.05, 0.1) is 13.0 Å². The fourth-order valence-electron chi connectivity index (χ4n) is 2.03. The average Bonchev–Trinajstić information content (AvgIpc) is 2.62. The third-order valence-electron chi connectivity index (χ3n) is 3.25. The lowest BCUT2D eigenvalue weighted by atomic mass is 10.1. The predicted octanol–water partition coefficient (Wildman–Crippen LogP) is 4.63. The molecule has 0 N–H and O–H groups in total. The first-order valence-corrected chi connectivity index (χ1v) is 8.83. The second-order valence-electron chi connectivity index (χ2n) is 5.04. The third kappa shape index (κ3) is 6.05. The van der Waals surface area contributed by atoms with Crippen LogP contribution >= 0.6 is 11.8 Å². The van der Waals surface area contributed by atoms with E-state index in [0.29, 0.717) is 24.3 Å². The normalized spacial score (nSPS) is 10.7. The lowest BCUT2D eigenvalue weighted by molar-refractivity contribution is -0.142. The van der Waals surface area contributed by atoms with E-state index in [1.165, 1.54) is 0 Å². The van der Waals surface area contributed by atoms with Crippen LogP contribution in [-0.2, 0) is 9.53 Å². The maximum absolute atomic E-state index is 12.0. The summed E-state index contributed by atoms with van der Waals surface area (Å²) in [5.41, 5.74) is 1.65. The molecular formula is C20H20O3S. The van der Waals surface area contributed by atoms with Crippen LogP contribution < -0.4 is 0 Å². The summed E-state index contributed by atoms with van der Waals surface area (Å²) in [7, 11) is 0. The topological polar surface area (TPSA) is 43.4 Å². The molecule has 0 bridgehead atoms. The van der Waals surface area contributed by atoms with Gasteiger partial charge in [0.2, 0.25) is 0 Å². The molecule has 4 heteroatoms. The van der Waals surface area contributed by atoms with Crippen molar-refractivity contribution in [2.24, 2.45) is 0 Å². The number of allylic oxidation sites excluding steroid dienone is 1. The molecule has 0 atom stereocenters. The molecule has 124 valence electrons. The number of thioether (sulfide) groups is 1. The zero-order chi connectivity index (χ0) is 17.2. The van der Waals surface area contributed by atoms with Crippen LogP contribution in [0, 0.1) is 0 Å². The molecule has 0 saturated heterocycles. The minimum atomic E-state index is -0.163. The van der Waals surface area contributed by atoms with Gasteiger partial charge in [-0.1, -0.05) is 48.5 Å². The summed E-state index contributed by atoms with van der Waals surface area (Å²) in [6.45, 7) is 2.23. The zero-order valence-corrected chi connectivity index (χ0v) is 14.4. The van der Waals surface area contributed by atoms with E-state index in [4.69, 9.17) is 4.74 Å². The summed E-state index contributed by atoms with van der Waals surface area (Å²) in [4.78, 5) is 24.4. The first-order chi connectivity index (χ1) is 11.7. The van der Waals surface area contributed by atoms with Crippen LogP contribution in [0.5, 0.6) is 0 Å². The first kappa shape index (κ1) is 18.0. The molecule has 0 aromatic heterocycles. The SMILES string of the molecule is CCOC(=O)CCSc1ccc(/C=C/C(=O)c2ccccc2)cc1. The van der Waals surface area contributed by atoms with E-state index in [1.807, 2.05) is 48.5 Å². The average molecular weight is 340 g/mol. The highest BCUT2D eigenvalue weighted by Gasteiger charge is 2.02. The predicted molar refractivity (Wildman–Crippen MR) is 98.2 cm³/mol. The Morgan fingerprint density at radius 2 is 1.75 bits per heavy atom. The fraction of sp³-hybridized carbons (Fsp3) is 0.200. The quantitative estimate of drug-likeness (QED) is 0.304. The highest BCUT2D eigenvalue weighted by Crippen LogP contribution is 2.20. The summed E-state index contributed by atoms with van der Waals surface area (Å²) in [6, 6.07) is 17.1. The summed E-state index contributed by atoms with van der Waals surface area (Å²) >= 11 is 1.61. The van der Waals surface area contributed by atoms with Crippen molar-refractivity contribution in [2.75, 3.05) is 12.4 Å². The summed E-state index contributed by atoms with van der Waals surface area (Å²) < 4.78 is 4.90. The Morgan fingerprint density at radius 3 is 2.42 bits per heavy atom. The van der Waals surface area contributed by atoms with Gasteiger partial charge < -0.3 is 4.74 Å². The van der Waals surface area contributed by atoms with Gasteiger partial charge in [-0.15, -0.1) is 11.8 Å². The number of rotatable bonds is 8. The molecule has 0 aliphatic heterocycles. The van der Waals surface area contributed by atoms with Crippen LogP contribution in [-0.4, -0.2) is 24.1 Å². The van der Waals surface area contributed by atoms with Gasteiger partial charge in [-0.2, -0.15) is 0 Å². The molecule has 0 radical (unpaired) electrons. The molecule has 0 saturated carbocycles. The molecule has 0 fully saturated rings. The van der Waals surface area contributed by atoms with Crippen molar-refractivity contribution < 1.29 is 14.3 Å². The molecule has 0 amide bonds. The number of esters is 1. The van der Waals surface area contributed by atoms with Gasteiger partial charge in [0, 0.05) is 16.2 Å². The zero-order valence-electron chi connectivity index (χ0n) is 13.6. The van der Waals surface area contributed by atoms with Crippen molar-refractivity contribution in [1.82, 2.24) is 0 Å². The summed E-state index contributed by atoms with van der Waals surface area (Å²) in [5, 5.41) is 0. The van der Waals surface area contributed by atoms with E-state index in [9.17, 15) is 9.59 Å². The molecule has 0 heterocycles. The molecule has 0 aliphatic rings. The second kappa shape index (κ2) is 9.73. The summed E-state index contributed by atoms with van der Waals surface area (Å²) in [6.07, 6.45) is 3.80. The molecule has 0 unspecified atom stereocenters. The fourth-order valence-corrected chi connectivity index (χ4v) is 2.86. The van der Waals surface area contributed by atoms with Gasteiger partial charge in [-0.05, 0) is 30.7 Å². The Hall–Kier alpha value is -2.33. The Labute approximate surface area is 146 Å². The van der Waals surface area contributed by atoms with E-state index in [-0.39, 0.29) is 11.8 Å². The van der Waals surface area contributed by atoms with Crippen molar-refractivity contribution >= 4 is 29.6 Å². The van der Waals surface area contributed by atoms with Crippen LogP contribution in [0.15, 0.2) is 65.6 Å². The summed E-state index contributed by atoms with van der Waals surface area (Å²) in [5.74, 6) is 0.521. The van der Waals surface area contributed by atoms with Crippen molar-refractivity contribution in [2.45, 2.75) is 18.2 Å². The first-order valence-electron chi connectivity index (χ1n) is 7.85. The highest BCUT2D eigenvalue weighted by molar-refractivity contribution is 7.99. The van der Waals surface area contributed by atoms with Gasteiger partial charge in [0.25, 0.3) is 0 Å². The van der Waals surface area contributed by atoms with Crippen LogP contribution in [0.4, 0.5) is 0 Å². The maximum Gasteiger partial charge on any atom is 0.306 e. The number of ketones is 1. The van der Waals surface area contributed by atoms with Crippen molar-refractivity contribution in [3.8, 4) is 0 Å². The molecule has 0 spiro atoms. The molecule has 2 aromatic rings.